The lowest BCUT2D eigenvalue weighted by Crippen LogP contribution is -2.29. The van der Waals surface area contributed by atoms with Crippen molar-refractivity contribution < 1.29 is 14.7 Å². The predicted molar refractivity (Wildman–Crippen MR) is 80.9 cm³/mol. The molecule has 0 heterocycles. The Bertz CT molecular complexity index is 527. The zero-order valence-corrected chi connectivity index (χ0v) is 13.1. The molecule has 0 aromatic heterocycles. The van der Waals surface area contributed by atoms with E-state index in [2.05, 4.69) is 21.2 Å². The number of hydrogen-bond donors (Lipinski definition) is 2. The second-order valence-electron chi connectivity index (χ2n) is 5.00. The van der Waals surface area contributed by atoms with Crippen molar-refractivity contribution in [1.29, 1.82) is 0 Å². The summed E-state index contributed by atoms with van der Waals surface area (Å²) in [6.45, 7) is 0. The van der Waals surface area contributed by atoms with E-state index in [1.165, 1.54) is 0 Å². The van der Waals surface area contributed by atoms with E-state index in [1.807, 2.05) is 0 Å². The maximum atomic E-state index is 12.2. The molecule has 0 aliphatic heterocycles. The van der Waals surface area contributed by atoms with Gasteiger partial charge in [-0.05, 0) is 59.8 Å². The summed E-state index contributed by atoms with van der Waals surface area (Å²) in [5.74, 6) is -1.24. The molecule has 2 rings (SSSR count). The second-order valence-corrected chi connectivity index (χ2v) is 6.29. The summed E-state index contributed by atoms with van der Waals surface area (Å²) in [5.41, 5.74) is 0.680. The van der Waals surface area contributed by atoms with Crippen LogP contribution in [-0.4, -0.2) is 17.0 Å². The molecule has 0 spiro atoms. The largest absolute Gasteiger partial charge is 0.481 e. The number of benzene rings is 1. The van der Waals surface area contributed by atoms with E-state index in [9.17, 15) is 9.59 Å². The first-order valence-electron chi connectivity index (χ1n) is 6.46. The maximum Gasteiger partial charge on any atom is 0.306 e. The van der Waals surface area contributed by atoms with Crippen molar-refractivity contribution in [3.8, 4) is 0 Å². The van der Waals surface area contributed by atoms with Crippen LogP contribution in [-0.2, 0) is 9.59 Å². The van der Waals surface area contributed by atoms with Crippen LogP contribution in [0.3, 0.4) is 0 Å². The van der Waals surface area contributed by atoms with Gasteiger partial charge in [-0.2, -0.15) is 0 Å². The Balaban J connectivity index is 1.94. The number of halogens is 2. The third-order valence-corrected chi connectivity index (χ3v) is 4.53. The monoisotopic (exact) mass is 359 g/mol. The molecule has 2 N–H and O–H groups in total. The molecule has 4 nitrogen and oxygen atoms in total. The summed E-state index contributed by atoms with van der Waals surface area (Å²) in [7, 11) is 0. The molecular formula is C14H15BrClNO3. The van der Waals surface area contributed by atoms with Crippen molar-refractivity contribution in [2.24, 2.45) is 11.8 Å². The number of amides is 1. The van der Waals surface area contributed by atoms with E-state index >= 15 is 0 Å². The van der Waals surface area contributed by atoms with Crippen LogP contribution in [0.2, 0.25) is 5.02 Å². The minimum absolute atomic E-state index is 0.0585. The first-order valence-corrected chi connectivity index (χ1v) is 7.63. The van der Waals surface area contributed by atoms with Crippen molar-refractivity contribution in [1.82, 2.24) is 0 Å². The quantitative estimate of drug-likeness (QED) is 0.858. The molecule has 1 fully saturated rings. The first kappa shape index (κ1) is 15.3. The van der Waals surface area contributed by atoms with Gasteiger partial charge in [0.1, 0.15) is 0 Å². The highest BCUT2D eigenvalue weighted by molar-refractivity contribution is 9.10. The van der Waals surface area contributed by atoms with Gasteiger partial charge < -0.3 is 10.4 Å². The Kier molecular flexibility index (Phi) is 5.05. The number of carbonyl (C=O) groups is 2. The minimum Gasteiger partial charge on any atom is -0.481 e. The number of carboxylic acid groups (broad SMARTS) is 1. The highest BCUT2D eigenvalue weighted by Gasteiger charge is 2.29. The van der Waals surface area contributed by atoms with Gasteiger partial charge in [-0.25, -0.2) is 0 Å². The van der Waals surface area contributed by atoms with Crippen molar-refractivity contribution >= 4 is 45.1 Å². The van der Waals surface area contributed by atoms with Gasteiger partial charge in [0.05, 0.1) is 11.6 Å². The third-order valence-electron chi connectivity index (χ3n) is 3.64. The summed E-state index contributed by atoms with van der Waals surface area (Å²) in [4.78, 5) is 23.0. The molecule has 0 radical (unpaired) electrons. The number of hydrogen-bond acceptors (Lipinski definition) is 2. The van der Waals surface area contributed by atoms with Gasteiger partial charge in [-0.1, -0.05) is 11.6 Å². The number of nitrogens with one attached hydrogen (secondary N) is 1. The average molecular weight is 361 g/mol. The molecule has 0 atom stereocenters. The molecule has 6 heteroatoms. The van der Waals surface area contributed by atoms with Crippen LogP contribution < -0.4 is 5.32 Å². The van der Waals surface area contributed by atoms with Gasteiger partial charge >= 0.3 is 5.97 Å². The Morgan fingerprint density at radius 3 is 2.35 bits per heavy atom. The SMILES string of the molecule is O=C(O)C1CCC(C(=O)Nc2ccc(Cl)cc2Br)CC1. The third kappa shape index (κ3) is 3.73. The van der Waals surface area contributed by atoms with Crippen molar-refractivity contribution in [2.45, 2.75) is 25.7 Å². The molecule has 0 unspecified atom stereocenters. The van der Waals surface area contributed by atoms with Crippen molar-refractivity contribution in [3.63, 3.8) is 0 Å². The van der Waals surface area contributed by atoms with Crippen LogP contribution in [0.15, 0.2) is 22.7 Å². The molecule has 1 amide bonds. The lowest BCUT2D eigenvalue weighted by molar-refractivity contribution is -0.143. The topological polar surface area (TPSA) is 66.4 Å². The van der Waals surface area contributed by atoms with Crippen LogP contribution in [0, 0.1) is 11.8 Å². The van der Waals surface area contributed by atoms with Gasteiger partial charge in [-0.15, -0.1) is 0 Å². The fourth-order valence-corrected chi connectivity index (χ4v) is 3.21. The normalized spacial score (nSPS) is 22.3. The summed E-state index contributed by atoms with van der Waals surface area (Å²) >= 11 is 9.20. The summed E-state index contributed by atoms with van der Waals surface area (Å²) in [6.07, 6.45) is 2.37. The number of carboxylic acids is 1. The van der Waals surface area contributed by atoms with Crippen LogP contribution >= 0.6 is 27.5 Å². The first-order chi connectivity index (χ1) is 9.47. The van der Waals surface area contributed by atoms with Crippen LogP contribution in [0.1, 0.15) is 25.7 Å². The fraction of sp³-hybridized carbons (Fsp3) is 0.429. The molecule has 0 saturated heterocycles. The Hall–Kier alpha value is -1.07. The summed E-state index contributed by atoms with van der Waals surface area (Å²) < 4.78 is 0.734. The molecule has 1 aromatic carbocycles. The van der Waals surface area contributed by atoms with Crippen LogP contribution in [0.25, 0.3) is 0 Å². The molecule has 1 aliphatic carbocycles. The van der Waals surface area contributed by atoms with Crippen LogP contribution in [0.4, 0.5) is 5.69 Å². The highest BCUT2D eigenvalue weighted by Crippen LogP contribution is 2.31. The van der Waals surface area contributed by atoms with E-state index < -0.39 is 5.97 Å². The number of anilines is 1. The van der Waals surface area contributed by atoms with Crippen molar-refractivity contribution in [2.75, 3.05) is 5.32 Å². The second kappa shape index (κ2) is 6.59. The molecule has 1 aliphatic rings. The van der Waals surface area contributed by atoms with Gasteiger partial charge in [0.25, 0.3) is 0 Å². The fourth-order valence-electron chi connectivity index (χ4n) is 2.43. The number of rotatable bonds is 3. The predicted octanol–water partition coefficient (Wildman–Crippen LogP) is 3.93. The number of aliphatic carboxylic acids is 1. The van der Waals surface area contributed by atoms with Crippen LogP contribution in [0.5, 0.6) is 0 Å². The number of carbonyl (C=O) groups excluding carboxylic acids is 1. The van der Waals surface area contributed by atoms with Crippen molar-refractivity contribution in [3.05, 3.63) is 27.7 Å². The van der Waals surface area contributed by atoms with E-state index in [4.69, 9.17) is 16.7 Å². The lowest BCUT2D eigenvalue weighted by atomic mass is 9.81. The molecule has 108 valence electrons. The van der Waals surface area contributed by atoms with Gasteiger partial charge in [0, 0.05) is 15.4 Å². The standard InChI is InChI=1S/C14H15BrClNO3/c15-11-7-10(16)5-6-12(11)17-13(18)8-1-3-9(4-2-8)14(19)20/h5-9H,1-4H2,(H,17,18)(H,19,20). The lowest BCUT2D eigenvalue weighted by Gasteiger charge is -2.25. The van der Waals surface area contributed by atoms with Gasteiger partial charge in [-0.3, -0.25) is 9.59 Å². The van der Waals surface area contributed by atoms with Gasteiger partial charge in [0.15, 0.2) is 0 Å². The zero-order chi connectivity index (χ0) is 14.7. The highest BCUT2D eigenvalue weighted by atomic mass is 79.9. The zero-order valence-electron chi connectivity index (χ0n) is 10.7. The van der Waals surface area contributed by atoms with E-state index in [0.717, 1.165) is 4.47 Å². The summed E-state index contributed by atoms with van der Waals surface area (Å²) in [5, 5.41) is 12.4. The van der Waals surface area contributed by atoms with E-state index in [-0.39, 0.29) is 17.7 Å². The van der Waals surface area contributed by atoms with E-state index in [1.54, 1.807) is 18.2 Å². The molecule has 1 aromatic rings. The molecular weight excluding hydrogens is 346 g/mol. The van der Waals surface area contributed by atoms with Gasteiger partial charge in [0.2, 0.25) is 5.91 Å². The Labute approximate surface area is 130 Å². The molecule has 0 bridgehead atoms. The molecule has 20 heavy (non-hydrogen) atoms. The Morgan fingerprint density at radius 1 is 1.20 bits per heavy atom. The smallest absolute Gasteiger partial charge is 0.306 e. The van der Waals surface area contributed by atoms with E-state index in [0.29, 0.717) is 36.4 Å². The maximum absolute atomic E-state index is 12.2. The minimum atomic E-state index is -0.760. The Morgan fingerprint density at radius 2 is 1.80 bits per heavy atom. The summed E-state index contributed by atoms with van der Waals surface area (Å²) in [6, 6.07) is 5.18. The average Bonchev–Trinajstić information content (AvgIpc) is 2.42. The molecule has 1 saturated carbocycles.